The molecule has 0 saturated heterocycles. The van der Waals surface area contributed by atoms with E-state index in [1.165, 1.54) is 0 Å². The molecular formula is C11H18F3N3O2. The Hall–Kier alpha value is -1.15. The molecule has 0 spiro atoms. The van der Waals surface area contributed by atoms with E-state index in [9.17, 15) is 13.2 Å². The second-order valence-electron chi connectivity index (χ2n) is 4.13. The van der Waals surface area contributed by atoms with E-state index in [1.54, 1.807) is 0 Å². The van der Waals surface area contributed by atoms with Crippen molar-refractivity contribution >= 4 is 0 Å². The first-order valence-electron chi connectivity index (χ1n) is 6.12. The minimum Gasteiger partial charge on any atom is -0.423 e. The maximum absolute atomic E-state index is 11.8. The van der Waals surface area contributed by atoms with Crippen LogP contribution in [0, 0.1) is 0 Å². The van der Waals surface area contributed by atoms with E-state index >= 15 is 0 Å². The van der Waals surface area contributed by atoms with Gasteiger partial charge in [0.2, 0.25) is 11.8 Å². The molecule has 110 valence electrons. The highest BCUT2D eigenvalue weighted by atomic mass is 19.4. The molecule has 0 aliphatic rings. The standard InChI is InChI=1S/C11H18F3N3O2/c1-3-5-15-8(2)10-17-16-9(19-10)4-6-18-7-11(12,13)14/h8,15H,3-7H2,1-2H3. The third-order valence-corrected chi connectivity index (χ3v) is 2.28. The van der Waals surface area contributed by atoms with Gasteiger partial charge in [0.05, 0.1) is 12.6 Å². The third kappa shape index (κ3) is 6.53. The van der Waals surface area contributed by atoms with Crippen molar-refractivity contribution in [3.8, 4) is 0 Å². The summed E-state index contributed by atoms with van der Waals surface area (Å²) >= 11 is 0. The van der Waals surface area contributed by atoms with Crippen LogP contribution in [0.2, 0.25) is 0 Å². The summed E-state index contributed by atoms with van der Waals surface area (Å²) in [6.07, 6.45) is -3.15. The molecule has 0 aromatic carbocycles. The molecule has 1 aromatic heterocycles. The van der Waals surface area contributed by atoms with Crippen molar-refractivity contribution in [3.05, 3.63) is 11.8 Å². The van der Waals surface area contributed by atoms with Gasteiger partial charge in [-0.3, -0.25) is 0 Å². The summed E-state index contributed by atoms with van der Waals surface area (Å²) in [5, 5.41) is 10.8. The van der Waals surface area contributed by atoms with E-state index in [4.69, 9.17) is 4.42 Å². The van der Waals surface area contributed by atoms with Crippen LogP contribution < -0.4 is 5.32 Å². The Morgan fingerprint density at radius 1 is 1.37 bits per heavy atom. The molecule has 1 N–H and O–H groups in total. The zero-order valence-corrected chi connectivity index (χ0v) is 11.0. The normalized spacial score (nSPS) is 13.7. The molecule has 0 aliphatic carbocycles. The summed E-state index contributed by atoms with van der Waals surface area (Å²) in [6.45, 7) is 3.39. The minimum absolute atomic E-state index is 0.0720. The van der Waals surface area contributed by atoms with Crippen molar-refractivity contribution in [2.45, 2.75) is 38.9 Å². The van der Waals surface area contributed by atoms with E-state index in [0.717, 1.165) is 13.0 Å². The largest absolute Gasteiger partial charge is 0.423 e. The van der Waals surface area contributed by atoms with Crippen molar-refractivity contribution in [2.75, 3.05) is 19.8 Å². The molecule has 8 heteroatoms. The van der Waals surface area contributed by atoms with Crippen molar-refractivity contribution in [3.63, 3.8) is 0 Å². The van der Waals surface area contributed by atoms with Gasteiger partial charge in [-0.25, -0.2) is 0 Å². The molecule has 0 radical (unpaired) electrons. The lowest BCUT2D eigenvalue weighted by molar-refractivity contribution is -0.173. The Bertz CT molecular complexity index is 368. The number of ether oxygens (including phenoxy) is 1. The molecule has 1 atom stereocenters. The fraction of sp³-hybridized carbons (Fsp3) is 0.818. The van der Waals surface area contributed by atoms with Crippen LogP contribution in [0.1, 0.15) is 38.1 Å². The van der Waals surface area contributed by atoms with Gasteiger partial charge in [0.1, 0.15) is 6.61 Å². The van der Waals surface area contributed by atoms with Crippen LogP contribution in [0.3, 0.4) is 0 Å². The van der Waals surface area contributed by atoms with Gasteiger partial charge in [-0.05, 0) is 19.9 Å². The molecule has 0 saturated carbocycles. The quantitative estimate of drug-likeness (QED) is 0.741. The van der Waals surface area contributed by atoms with E-state index in [2.05, 4.69) is 20.3 Å². The number of aromatic nitrogens is 2. The molecule has 1 unspecified atom stereocenters. The van der Waals surface area contributed by atoms with E-state index in [0.29, 0.717) is 5.89 Å². The van der Waals surface area contributed by atoms with Gasteiger partial charge in [-0.2, -0.15) is 13.2 Å². The average Bonchev–Trinajstić information content (AvgIpc) is 2.79. The first kappa shape index (κ1) is 15.9. The molecule has 19 heavy (non-hydrogen) atoms. The maximum Gasteiger partial charge on any atom is 0.411 e. The van der Waals surface area contributed by atoms with Crippen LogP contribution in [0.5, 0.6) is 0 Å². The molecule has 5 nitrogen and oxygen atoms in total. The van der Waals surface area contributed by atoms with E-state index < -0.39 is 12.8 Å². The van der Waals surface area contributed by atoms with Gasteiger partial charge < -0.3 is 14.5 Å². The minimum atomic E-state index is -4.31. The number of hydrogen-bond donors (Lipinski definition) is 1. The molecule has 0 fully saturated rings. The topological polar surface area (TPSA) is 60.2 Å². The molecular weight excluding hydrogens is 263 g/mol. The summed E-state index contributed by atoms with van der Waals surface area (Å²) in [5.74, 6) is 0.710. The van der Waals surface area contributed by atoms with Crippen molar-refractivity contribution in [2.24, 2.45) is 0 Å². The lowest BCUT2D eigenvalue weighted by Crippen LogP contribution is -2.19. The van der Waals surface area contributed by atoms with Crippen LogP contribution in [-0.4, -0.2) is 36.1 Å². The van der Waals surface area contributed by atoms with Crippen molar-refractivity contribution < 1.29 is 22.3 Å². The van der Waals surface area contributed by atoms with Gasteiger partial charge in [0, 0.05) is 6.42 Å². The lowest BCUT2D eigenvalue weighted by atomic mass is 10.3. The fourth-order valence-corrected chi connectivity index (χ4v) is 1.34. The predicted octanol–water partition coefficient (Wildman–Crippen LogP) is 2.25. The summed E-state index contributed by atoms with van der Waals surface area (Å²) < 4.78 is 45.3. The van der Waals surface area contributed by atoms with Gasteiger partial charge in [-0.1, -0.05) is 6.92 Å². The monoisotopic (exact) mass is 281 g/mol. The van der Waals surface area contributed by atoms with Crippen LogP contribution in [0.25, 0.3) is 0 Å². The molecule has 1 heterocycles. The number of rotatable bonds is 8. The zero-order chi connectivity index (χ0) is 14.3. The Morgan fingerprint density at radius 2 is 2.11 bits per heavy atom. The Balaban J connectivity index is 2.30. The number of halogens is 3. The first-order chi connectivity index (χ1) is 8.92. The Kier molecular flexibility index (Phi) is 6.23. The smallest absolute Gasteiger partial charge is 0.411 e. The highest BCUT2D eigenvalue weighted by molar-refractivity contribution is 4.88. The third-order valence-electron chi connectivity index (χ3n) is 2.28. The van der Waals surface area contributed by atoms with Crippen molar-refractivity contribution in [1.82, 2.24) is 15.5 Å². The lowest BCUT2D eigenvalue weighted by Gasteiger charge is -2.07. The summed E-state index contributed by atoms with van der Waals surface area (Å²) in [4.78, 5) is 0. The zero-order valence-electron chi connectivity index (χ0n) is 11.0. The Morgan fingerprint density at radius 3 is 2.74 bits per heavy atom. The number of alkyl halides is 3. The summed E-state index contributed by atoms with van der Waals surface area (Å²) in [6, 6.07) is -0.0720. The molecule has 0 amide bonds. The SMILES string of the molecule is CCCNC(C)c1nnc(CCOCC(F)(F)F)o1. The Labute approximate surface area is 109 Å². The van der Waals surface area contributed by atoms with Crippen LogP contribution in [0.15, 0.2) is 4.42 Å². The molecule has 1 aromatic rings. The van der Waals surface area contributed by atoms with Crippen LogP contribution in [-0.2, 0) is 11.2 Å². The molecule has 0 aliphatic heterocycles. The average molecular weight is 281 g/mol. The first-order valence-corrected chi connectivity index (χ1v) is 6.12. The highest BCUT2D eigenvalue weighted by Gasteiger charge is 2.27. The number of nitrogens with zero attached hydrogens (tertiary/aromatic N) is 2. The summed E-state index contributed by atoms with van der Waals surface area (Å²) in [5.41, 5.74) is 0. The van der Waals surface area contributed by atoms with Crippen molar-refractivity contribution in [1.29, 1.82) is 0 Å². The predicted molar refractivity (Wildman–Crippen MR) is 61.6 cm³/mol. The van der Waals surface area contributed by atoms with E-state index in [1.807, 2.05) is 13.8 Å². The number of nitrogens with one attached hydrogen (secondary N) is 1. The van der Waals surface area contributed by atoms with Gasteiger partial charge in [-0.15, -0.1) is 10.2 Å². The van der Waals surface area contributed by atoms with Gasteiger partial charge >= 0.3 is 6.18 Å². The van der Waals surface area contributed by atoms with Crippen LogP contribution in [0.4, 0.5) is 13.2 Å². The maximum atomic E-state index is 11.8. The van der Waals surface area contributed by atoms with Gasteiger partial charge in [0.25, 0.3) is 0 Å². The van der Waals surface area contributed by atoms with Crippen LogP contribution >= 0.6 is 0 Å². The molecule has 0 bridgehead atoms. The highest BCUT2D eigenvalue weighted by Crippen LogP contribution is 2.15. The second-order valence-corrected chi connectivity index (χ2v) is 4.13. The molecule has 1 rings (SSSR count). The summed E-state index contributed by atoms with van der Waals surface area (Å²) in [7, 11) is 0. The second kappa shape index (κ2) is 7.44. The fourth-order valence-electron chi connectivity index (χ4n) is 1.34. The number of hydrogen-bond acceptors (Lipinski definition) is 5. The van der Waals surface area contributed by atoms with E-state index in [-0.39, 0.29) is 25.0 Å². The van der Waals surface area contributed by atoms with Gasteiger partial charge in [0.15, 0.2) is 0 Å².